The maximum atomic E-state index is 12.8. The van der Waals surface area contributed by atoms with Crippen molar-refractivity contribution in [2.24, 2.45) is 11.7 Å². The second kappa shape index (κ2) is 8.54. The van der Waals surface area contributed by atoms with E-state index in [9.17, 15) is 9.59 Å². The molecule has 1 aliphatic carbocycles. The molecule has 1 saturated heterocycles. The lowest BCUT2D eigenvalue weighted by Gasteiger charge is -2.34. The van der Waals surface area contributed by atoms with E-state index in [1.165, 1.54) is 0 Å². The molecular weight excluding hydrogens is 340 g/mol. The van der Waals surface area contributed by atoms with E-state index in [-0.39, 0.29) is 30.4 Å². The van der Waals surface area contributed by atoms with Gasteiger partial charge < -0.3 is 21.3 Å². The number of nitrogens with two attached hydrogens (primary N) is 1. The summed E-state index contributed by atoms with van der Waals surface area (Å²) < 4.78 is 0. The van der Waals surface area contributed by atoms with Crippen LogP contribution in [0.2, 0.25) is 0 Å². The molecule has 6 nitrogen and oxygen atoms in total. The molecule has 4 N–H and O–H groups in total. The van der Waals surface area contributed by atoms with Gasteiger partial charge in [0.2, 0.25) is 0 Å². The molecule has 1 aromatic rings. The van der Waals surface area contributed by atoms with E-state index in [0.29, 0.717) is 29.8 Å². The van der Waals surface area contributed by atoms with Crippen molar-refractivity contribution in [3.8, 4) is 0 Å². The van der Waals surface area contributed by atoms with Gasteiger partial charge in [-0.05, 0) is 56.7 Å². The van der Waals surface area contributed by atoms with Crippen LogP contribution in [0.4, 0.5) is 10.5 Å². The fourth-order valence-electron chi connectivity index (χ4n) is 3.12. The summed E-state index contributed by atoms with van der Waals surface area (Å²) in [5, 5.41) is 5.67. The van der Waals surface area contributed by atoms with Gasteiger partial charge in [0.05, 0.1) is 0 Å². The van der Waals surface area contributed by atoms with Gasteiger partial charge in [0.25, 0.3) is 5.91 Å². The van der Waals surface area contributed by atoms with Crippen molar-refractivity contribution in [1.29, 1.82) is 0 Å². The number of amides is 3. The zero-order valence-electron chi connectivity index (χ0n) is 14.5. The Bertz CT molecular complexity index is 619. The number of nitrogens with zero attached hydrogens (tertiary/aromatic N) is 1. The van der Waals surface area contributed by atoms with Gasteiger partial charge in [0, 0.05) is 36.4 Å². The van der Waals surface area contributed by atoms with Crippen molar-refractivity contribution in [1.82, 2.24) is 10.2 Å². The average Bonchev–Trinajstić information content (AvgIpc) is 3.38. The molecule has 2 unspecified atom stereocenters. The molecule has 1 saturated carbocycles. The summed E-state index contributed by atoms with van der Waals surface area (Å²) in [5.74, 6) is 0.361. The first-order valence-electron chi connectivity index (χ1n) is 8.75. The van der Waals surface area contributed by atoms with E-state index in [4.69, 9.17) is 5.73 Å². The van der Waals surface area contributed by atoms with Crippen LogP contribution in [0.1, 0.15) is 43.0 Å². The van der Waals surface area contributed by atoms with Gasteiger partial charge in [-0.3, -0.25) is 4.79 Å². The standard InChI is InChI=1S/C18H26N4O2.ClH/c1-12(19)14-5-3-9-22(11-14)17(23)13-4-2-6-16(10-13)21-18(24)20-15-7-8-15;/h2,4,6,10,12,14-15H,3,5,7-9,11,19H2,1H3,(H2,20,21,24);1H. The van der Waals surface area contributed by atoms with E-state index in [1.54, 1.807) is 24.3 Å². The van der Waals surface area contributed by atoms with Gasteiger partial charge in [-0.2, -0.15) is 0 Å². The van der Waals surface area contributed by atoms with Crippen molar-refractivity contribution < 1.29 is 9.59 Å². The lowest BCUT2D eigenvalue weighted by atomic mass is 9.92. The second-order valence-electron chi connectivity index (χ2n) is 6.97. The molecule has 0 aromatic heterocycles. The van der Waals surface area contributed by atoms with Crippen molar-refractivity contribution in [2.45, 2.75) is 44.7 Å². The summed E-state index contributed by atoms with van der Waals surface area (Å²) in [6, 6.07) is 7.32. The number of piperidine rings is 1. The minimum Gasteiger partial charge on any atom is -0.338 e. The van der Waals surface area contributed by atoms with Gasteiger partial charge in [0.1, 0.15) is 0 Å². The van der Waals surface area contributed by atoms with E-state index >= 15 is 0 Å². The first-order valence-corrected chi connectivity index (χ1v) is 8.75. The minimum atomic E-state index is -0.211. The number of benzene rings is 1. The SMILES string of the molecule is CC(N)C1CCCN(C(=O)c2cccc(NC(=O)NC3CC3)c2)C1.Cl. The number of nitrogens with one attached hydrogen (secondary N) is 2. The zero-order valence-corrected chi connectivity index (χ0v) is 15.3. The molecule has 25 heavy (non-hydrogen) atoms. The summed E-state index contributed by atoms with van der Waals surface area (Å²) in [6.07, 6.45) is 4.15. The Morgan fingerprint density at radius 2 is 2.04 bits per heavy atom. The van der Waals surface area contributed by atoms with Gasteiger partial charge in [-0.1, -0.05) is 6.07 Å². The predicted molar refractivity (Wildman–Crippen MR) is 101 cm³/mol. The highest BCUT2D eigenvalue weighted by molar-refractivity contribution is 5.97. The van der Waals surface area contributed by atoms with Crippen LogP contribution in [0, 0.1) is 5.92 Å². The molecule has 2 aliphatic rings. The topological polar surface area (TPSA) is 87.5 Å². The third kappa shape index (κ3) is 5.34. The quantitative estimate of drug-likeness (QED) is 0.765. The van der Waals surface area contributed by atoms with E-state index in [1.807, 2.05) is 11.8 Å². The number of carbonyl (C=O) groups excluding carboxylic acids is 2. The maximum absolute atomic E-state index is 12.8. The van der Waals surface area contributed by atoms with Gasteiger partial charge in [0.15, 0.2) is 0 Å². The number of anilines is 1. The first-order chi connectivity index (χ1) is 11.5. The van der Waals surface area contributed by atoms with Crippen molar-refractivity contribution in [3.63, 3.8) is 0 Å². The summed E-state index contributed by atoms with van der Waals surface area (Å²) in [7, 11) is 0. The van der Waals surface area contributed by atoms with Crippen LogP contribution in [0.3, 0.4) is 0 Å². The molecule has 1 aromatic carbocycles. The molecule has 1 heterocycles. The van der Waals surface area contributed by atoms with Crippen LogP contribution in [-0.4, -0.2) is 42.0 Å². The van der Waals surface area contributed by atoms with Crippen molar-refractivity contribution in [2.75, 3.05) is 18.4 Å². The average molecular weight is 367 g/mol. The van der Waals surface area contributed by atoms with Crippen molar-refractivity contribution in [3.05, 3.63) is 29.8 Å². The van der Waals surface area contributed by atoms with Crippen LogP contribution in [0.5, 0.6) is 0 Å². The van der Waals surface area contributed by atoms with Gasteiger partial charge in [-0.15, -0.1) is 12.4 Å². The number of likely N-dealkylation sites (tertiary alicyclic amines) is 1. The number of hydrogen-bond donors (Lipinski definition) is 3. The molecule has 0 spiro atoms. The summed E-state index contributed by atoms with van der Waals surface area (Å²) in [5.41, 5.74) is 7.24. The van der Waals surface area contributed by atoms with Crippen LogP contribution in [0.25, 0.3) is 0 Å². The first kappa shape index (κ1) is 19.5. The Hall–Kier alpha value is -1.79. The smallest absolute Gasteiger partial charge is 0.319 e. The lowest BCUT2D eigenvalue weighted by Crippen LogP contribution is -2.45. The summed E-state index contributed by atoms with van der Waals surface area (Å²) in [6.45, 7) is 3.47. The Kier molecular flexibility index (Phi) is 6.67. The highest BCUT2D eigenvalue weighted by atomic mass is 35.5. The normalized spacial score (nSPS) is 21.0. The Morgan fingerprint density at radius 3 is 2.72 bits per heavy atom. The number of halogens is 1. The van der Waals surface area contributed by atoms with E-state index in [0.717, 1.165) is 32.2 Å². The van der Waals surface area contributed by atoms with Crippen LogP contribution >= 0.6 is 12.4 Å². The zero-order chi connectivity index (χ0) is 17.1. The number of urea groups is 1. The lowest BCUT2D eigenvalue weighted by molar-refractivity contribution is 0.0661. The fraction of sp³-hybridized carbons (Fsp3) is 0.556. The number of rotatable bonds is 4. The fourth-order valence-corrected chi connectivity index (χ4v) is 3.12. The van der Waals surface area contributed by atoms with E-state index < -0.39 is 0 Å². The molecule has 2 atom stereocenters. The van der Waals surface area contributed by atoms with Gasteiger partial charge in [-0.25, -0.2) is 4.79 Å². The van der Waals surface area contributed by atoms with Gasteiger partial charge >= 0.3 is 6.03 Å². The molecular formula is C18H27ClN4O2. The summed E-state index contributed by atoms with van der Waals surface area (Å²) >= 11 is 0. The monoisotopic (exact) mass is 366 g/mol. The van der Waals surface area contributed by atoms with Crippen LogP contribution in [-0.2, 0) is 0 Å². The predicted octanol–water partition coefficient (Wildman–Crippen LogP) is 2.59. The maximum Gasteiger partial charge on any atom is 0.319 e. The Labute approximate surface area is 154 Å². The highest BCUT2D eigenvalue weighted by Crippen LogP contribution is 2.22. The van der Waals surface area contributed by atoms with Crippen molar-refractivity contribution >= 4 is 30.0 Å². The molecule has 1 aliphatic heterocycles. The largest absolute Gasteiger partial charge is 0.338 e. The molecule has 3 rings (SSSR count). The molecule has 138 valence electrons. The number of hydrogen-bond acceptors (Lipinski definition) is 3. The minimum absolute atomic E-state index is 0. The second-order valence-corrected chi connectivity index (χ2v) is 6.97. The Morgan fingerprint density at radius 1 is 1.28 bits per heavy atom. The summed E-state index contributed by atoms with van der Waals surface area (Å²) in [4.78, 5) is 26.5. The molecule has 7 heteroatoms. The molecule has 0 radical (unpaired) electrons. The third-order valence-electron chi connectivity index (χ3n) is 4.77. The number of carbonyl (C=O) groups is 2. The van der Waals surface area contributed by atoms with Crippen LogP contribution in [0.15, 0.2) is 24.3 Å². The van der Waals surface area contributed by atoms with Crippen LogP contribution < -0.4 is 16.4 Å². The Balaban J connectivity index is 0.00000225. The molecule has 0 bridgehead atoms. The van der Waals surface area contributed by atoms with E-state index in [2.05, 4.69) is 10.6 Å². The molecule has 3 amide bonds. The highest BCUT2D eigenvalue weighted by Gasteiger charge is 2.27. The third-order valence-corrected chi connectivity index (χ3v) is 4.77. The molecule has 2 fully saturated rings.